The number of nitrogens with zero attached hydrogens (tertiary/aromatic N) is 1. The van der Waals surface area contributed by atoms with Crippen LogP contribution in [0.1, 0.15) is 22.5 Å². The van der Waals surface area contributed by atoms with Gasteiger partial charge in [-0.2, -0.15) is 0 Å². The Morgan fingerprint density at radius 3 is 2.85 bits per heavy atom. The van der Waals surface area contributed by atoms with E-state index < -0.39 is 24.1 Å². The minimum atomic E-state index is -0.601. The fraction of sp³-hybridized carbons (Fsp3) is 0.538. The Hall–Kier alpha value is -1.86. The first-order chi connectivity index (χ1) is 9.56. The molecule has 0 spiro atoms. The SMILES string of the molecule is COC(=O)c1ccoc1CN1CC(O)CC1C(=O)OC. The third-order valence-corrected chi connectivity index (χ3v) is 3.35. The third kappa shape index (κ3) is 2.83. The number of furan rings is 1. The van der Waals surface area contributed by atoms with E-state index in [0.717, 1.165) is 0 Å². The number of hydrogen-bond donors (Lipinski definition) is 1. The molecule has 0 aliphatic carbocycles. The van der Waals surface area contributed by atoms with Gasteiger partial charge in [0.1, 0.15) is 17.4 Å². The highest BCUT2D eigenvalue weighted by Crippen LogP contribution is 2.23. The number of carbonyl (C=O) groups is 2. The maximum Gasteiger partial charge on any atom is 0.341 e. The summed E-state index contributed by atoms with van der Waals surface area (Å²) in [6.45, 7) is 0.551. The average Bonchev–Trinajstić information content (AvgIpc) is 3.04. The molecule has 1 saturated heterocycles. The Bertz CT molecular complexity index is 497. The number of carbonyl (C=O) groups excluding carboxylic acids is 2. The van der Waals surface area contributed by atoms with Crippen molar-refractivity contribution in [3.8, 4) is 0 Å². The molecule has 1 aliphatic rings. The summed E-state index contributed by atoms with van der Waals surface area (Å²) in [5.41, 5.74) is 0.317. The predicted octanol–water partition coefficient (Wildman–Crippen LogP) is 0.174. The summed E-state index contributed by atoms with van der Waals surface area (Å²) in [6.07, 6.45) is 1.10. The molecule has 1 aromatic heterocycles. The first-order valence-corrected chi connectivity index (χ1v) is 6.21. The number of rotatable bonds is 4. The topological polar surface area (TPSA) is 89.2 Å². The van der Waals surface area contributed by atoms with E-state index in [9.17, 15) is 14.7 Å². The minimum Gasteiger partial charge on any atom is -0.468 e. The number of hydrogen-bond acceptors (Lipinski definition) is 7. The van der Waals surface area contributed by atoms with Gasteiger partial charge in [-0.25, -0.2) is 4.79 Å². The number of methoxy groups -OCH3 is 2. The van der Waals surface area contributed by atoms with Crippen LogP contribution < -0.4 is 0 Å². The molecular weight excluding hydrogens is 266 g/mol. The van der Waals surface area contributed by atoms with Crippen molar-refractivity contribution in [2.24, 2.45) is 0 Å². The maximum absolute atomic E-state index is 11.7. The van der Waals surface area contributed by atoms with Gasteiger partial charge >= 0.3 is 11.9 Å². The van der Waals surface area contributed by atoms with Crippen LogP contribution in [-0.4, -0.2) is 54.9 Å². The number of aliphatic hydroxyl groups excluding tert-OH is 1. The van der Waals surface area contributed by atoms with Crippen molar-refractivity contribution in [3.63, 3.8) is 0 Å². The molecule has 20 heavy (non-hydrogen) atoms. The largest absolute Gasteiger partial charge is 0.468 e. The first-order valence-electron chi connectivity index (χ1n) is 6.21. The zero-order valence-corrected chi connectivity index (χ0v) is 11.4. The lowest BCUT2D eigenvalue weighted by molar-refractivity contribution is -0.146. The van der Waals surface area contributed by atoms with E-state index in [4.69, 9.17) is 9.15 Å². The Labute approximate surface area is 116 Å². The molecule has 0 aromatic carbocycles. The summed E-state index contributed by atoms with van der Waals surface area (Å²) in [6, 6.07) is 0.978. The van der Waals surface area contributed by atoms with Crippen LogP contribution in [0.15, 0.2) is 16.7 Å². The predicted molar refractivity (Wildman–Crippen MR) is 66.9 cm³/mol. The summed E-state index contributed by atoms with van der Waals surface area (Å²) in [5.74, 6) is -0.504. The van der Waals surface area contributed by atoms with Crippen molar-refractivity contribution < 1.29 is 28.6 Å². The molecule has 7 nitrogen and oxygen atoms in total. The number of aliphatic hydroxyl groups is 1. The van der Waals surface area contributed by atoms with Gasteiger partial charge in [0.15, 0.2) is 0 Å². The van der Waals surface area contributed by atoms with Gasteiger partial charge in [-0.1, -0.05) is 0 Å². The smallest absolute Gasteiger partial charge is 0.341 e. The van der Waals surface area contributed by atoms with Crippen molar-refractivity contribution in [2.45, 2.75) is 25.1 Å². The number of ether oxygens (including phenoxy) is 2. The summed E-state index contributed by atoms with van der Waals surface area (Å²) >= 11 is 0. The van der Waals surface area contributed by atoms with Crippen LogP contribution in [0.25, 0.3) is 0 Å². The van der Waals surface area contributed by atoms with Gasteiger partial charge in [-0.05, 0) is 6.07 Å². The highest BCUT2D eigenvalue weighted by atomic mass is 16.5. The van der Waals surface area contributed by atoms with E-state index in [2.05, 4.69) is 4.74 Å². The van der Waals surface area contributed by atoms with Crippen molar-refractivity contribution in [3.05, 3.63) is 23.7 Å². The second-order valence-corrected chi connectivity index (χ2v) is 4.61. The molecule has 2 rings (SSSR count). The van der Waals surface area contributed by atoms with Gasteiger partial charge in [0.25, 0.3) is 0 Å². The van der Waals surface area contributed by atoms with E-state index in [1.165, 1.54) is 26.5 Å². The lowest BCUT2D eigenvalue weighted by Crippen LogP contribution is -2.36. The number of esters is 2. The normalized spacial score (nSPS) is 22.8. The summed E-state index contributed by atoms with van der Waals surface area (Å²) in [7, 11) is 2.59. The Balaban J connectivity index is 2.14. The van der Waals surface area contributed by atoms with Crippen LogP contribution in [0, 0.1) is 0 Å². The van der Waals surface area contributed by atoms with Crippen LogP contribution >= 0.6 is 0 Å². The lowest BCUT2D eigenvalue weighted by Gasteiger charge is -2.21. The van der Waals surface area contributed by atoms with Gasteiger partial charge in [0, 0.05) is 13.0 Å². The molecule has 7 heteroatoms. The van der Waals surface area contributed by atoms with Gasteiger partial charge < -0.3 is 19.0 Å². The van der Waals surface area contributed by atoms with Crippen LogP contribution in [-0.2, 0) is 20.8 Å². The highest BCUT2D eigenvalue weighted by Gasteiger charge is 2.37. The number of likely N-dealkylation sites (tertiary alicyclic amines) is 1. The molecule has 2 heterocycles. The minimum absolute atomic E-state index is 0.230. The quantitative estimate of drug-likeness (QED) is 0.788. The van der Waals surface area contributed by atoms with E-state index in [1.807, 2.05) is 0 Å². The monoisotopic (exact) mass is 283 g/mol. The van der Waals surface area contributed by atoms with Gasteiger partial charge in [0.2, 0.25) is 0 Å². The molecule has 1 aromatic rings. The molecule has 1 aliphatic heterocycles. The standard InChI is InChI=1S/C13H17NO6/c1-18-12(16)9-3-4-20-11(9)7-14-6-8(15)5-10(14)13(17)19-2/h3-4,8,10,15H,5-7H2,1-2H3. The number of β-amino-alcohol motifs (C(OH)–C–C–N with tert-alkyl or cyclic N) is 1. The van der Waals surface area contributed by atoms with Crippen molar-refractivity contribution in [2.75, 3.05) is 20.8 Å². The Morgan fingerprint density at radius 2 is 2.20 bits per heavy atom. The van der Waals surface area contributed by atoms with E-state index in [-0.39, 0.29) is 6.54 Å². The molecule has 0 amide bonds. The van der Waals surface area contributed by atoms with Crippen LogP contribution in [0.4, 0.5) is 0 Å². The van der Waals surface area contributed by atoms with Gasteiger partial charge in [0.05, 0.1) is 33.1 Å². The lowest BCUT2D eigenvalue weighted by atomic mass is 10.2. The van der Waals surface area contributed by atoms with E-state index in [0.29, 0.717) is 24.3 Å². The van der Waals surface area contributed by atoms with Crippen molar-refractivity contribution in [1.82, 2.24) is 4.90 Å². The molecule has 0 saturated carbocycles. The zero-order valence-electron chi connectivity index (χ0n) is 11.4. The average molecular weight is 283 g/mol. The van der Waals surface area contributed by atoms with E-state index in [1.54, 1.807) is 4.90 Å². The molecule has 0 bridgehead atoms. The summed E-state index contributed by atoms with van der Waals surface area (Å²) in [4.78, 5) is 25.0. The Morgan fingerprint density at radius 1 is 1.45 bits per heavy atom. The molecule has 110 valence electrons. The Kier molecular flexibility index (Phi) is 4.41. The summed E-state index contributed by atoms with van der Waals surface area (Å²) < 4.78 is 14.6. The van der Waals surface area contributed by atoms with E-state index >= 15 is 0 Å². The first kappa shape index (κ1) is 14.5. The van der Waals surface area contributed by atoms with Crippen LogP contribution in [0.2, 0.25) is 0 Å². The van der Waals surface area contributed by atoms with Gasteiger partial charge in [-0.15, -0.1) is 0 Å². The molecule has 2 unspecified atom stereocenters. The third-order valence-electron chi connectivity index (χ3n) is 3.35. The fourth-order valence-corrected chi connectivity index (χ4v) is 2.37. The van der Waals surface area contributed by atoms with Gasteiger partial charge in [-0.3, -0.25) is 9.69 Å². The van der Waals surface area contributed by atoms with Crippen LogP contribution in [0.5, 0.6) is 0 Å². The molecule has 1 fully saturated rings. The summed E-state index contributed by atoms with van der Waals surface area (Å²) in [5, 5.41) is 9.70. The zero-order chi connectivity index (χ0) is 14.7. The second-order valence-electron chi connectivity index (χ2n) is 4.61. The van der Waals surface area contributed by atoms with Crippen molar-refractivity contribution >= 4 is 11.9 Å². The maximum atomic E-state index is 11.7. The highest BCUT2D eigenvalue weighted by molar-refractivity contribution is 5.90. The molecule has 0 radical (unpaired) electrons. The van der Waals surface area contributed by atoms with Crippen LogP contribution in [0.3, 0.4) is 0 Å². The van der Waals surface area contributed by atoms with Crippen molar-refractivity contribution in [1.29, 1.82) is 0 Å². The fourth-order valence-electron chi connectivity index (χ4n) is 2.37. The second kappa shape index (κ2) is 6.06. The molecular formula is C13H17NO6. The molecule has 1 N–H and O–H groups in total. The molecule has 2 atom stereocenters.